The van der Waals surface area contributed by atoms with Crippen LogP contribution in [0.25, 0.3) is 0 Å². The molecule has 0 aliphatic carbocycles. The number of benzene rings is 2. The number of anilines is 1. The molecule has 2 aromatic rings. The fourth-order valence-corrected chi connectivity index (χ4v) is 3.77. The Kier molecular flexibility index (Phi) is 8.20. The minimum Gasteiger partial charge on any atom is -0.339 e. The van der Waals surface area contributed by atoms with Gasteiger partial charge in [-0.25, -0.2) is 0 Å². The van der Waals surface area contributed by atoms with Gasteiger partial charge in [-0.1, -0.05) is 48.9 Å². The summed E-state index contributed by atoms with van der Waals surface area (Å²) in [6.45, 7) is 8.45. The molecule has 0 aromatic heterocycles. The van der Waals surface area contributed by atoms with Crippen molar-refractivity contribution in [3.63, 3.8) is 0 Å². The quantitative estimate of drug-likeness (QED) is 0.711. The van der Waals surface area contributed by atoms with E-state index < -0.39 is 0 Å². The Morgan fingerprint density at radius 1 is 0.935 bits per heavy atom. The summed E-state index contributed by atoms with van der Waals surface area (Å²) in [5.74, 6) is 0.133. The van der Waals surface area contributed by atoms with Crippen LogP contribution < -0.4 is 5.32 Å². The number of likely N-dealkylation sites (N-methyl/N-ethyl adjacent to an activating group) is 1. The fraction of sp³-hybridized carbons (Fsp3) is 0.440. The first-order valence-electron chi connectivity index (χ1n) is 11.1. The van der Waals surface area contributed by atoms with E-state index in [2.05, 4.69) is 46.3 Å². The Morgan fingerprint density at radius 3 is 2.16 bits per heavy atom. The molecule has 1 aliphatic heterocycles. The van der Waals surface area contributed by atoms with E-state index in [-0.39, 0.29) is 11.8 Å². The van der Waals surface area contributed by atoms with Gasteiger partial charge in [0.05, 0.1) is 13.1 Å². The van der Waals surface area contributed by atoms with Crippen LogP contribution in [0.1, 0.15) is 23.6 Å². The molecule has 1 fully saturated rings. The Morgan fingerprint density at radius 2 is 1.55 bits per heavy atom. The summed E-state index contributed by atoms with van der Waals surface area (Å²) in [6.07, 6.45) is 1.04. The standard InChI is InChI=1S/C25H34N4O2/c1-4-21-7-9-22(10-8-21)17-27(3)19-25(31)29-15-13-28(14-16-29)18-24(30)26-23-11-5-20(2)6-12-23/h5-12H,4,13-19H2,1-3H3,(H,26,30). The van der Waals surface area contributed by atoms with Crippen molar-refractivity contribution in [3.8, 4) is 0 Å². The molecular weight excluding hydrogens is 388 g/mol. The van der Waals surface area contributed by atoms with Crippen molar-refractivity contribution in [3.05, 3.63) is 65.2 Å². The number of hydrogen-bond donors (Lipinski definition) is 1. The van der Waals surface area contributed by atoms with Crippen LogP contribution >= 0.6 is 0 Å². The number of piperazine rings is 1. The van der Waals surface area contributed by atoms with Gasteiger partial charge in [-0.15, -0.1) is 0 Å². The predicted octanol–water partition coefficient (Wildman–Crippen LogP) is 2.77. The zero-order chi connectivity index (χ0) is 22.2. The number of carbonyl (C=O) groups excluding carboxylic acids is 2. The molecule has 0 bridgehead atoms. The molecular formula is C25H34N4O2. The van der Waals surface area contributed by atoms with E-state index in [1.165, 1.54) is 16.7 Å². The highest BCUT2D eigenvalue weighted by Crippen LogP contribution is 2.10. The van der Waals surface area contributed by atoms with E-state index in [0.717, 1.165) is 31.7 Å². The largest absolute Gasteiger partial charge is 0.339 e. The second kappa shape index (κ2) is 11.1. The number of rotatable bonds is 8. The van der Waals surface area contributed by atoms with Crippen LogP contribution in [0, 0.1) is 6.92 Å². The van der Waals surface area contributed by atoms with Gasteiger partial charge in [0.15, 0.2) is 0 Å². The number of carbonyl (C=O) groups is 2. The number of aryl methyl sites for hydroxylation is 2. The molecule has 2 amide bonds. The van der Waals surface area contributed by atoms with Crippen LogP contribution in [0.3, 0.4) is 0 Å². The number of hydrogen-bond acceptors (Lipinski definition) is 4. The Labute approximate surface area is 185 Å². The Bertz CT molecular complexity index is 856. The highest BCUT2D eigenvalue weighted by molar-refractivity contribution is 5.92. The molecule has 0 radical (unpaired) electrons. The third-order valence-corrected chi connectivity index (χ3v) is 5.72. The second-order valence-corrected chi connectivity index (χ2v) is 8.41. The van der Waals surface area contributed by atoms with Crippen molar-refractivity contribution in [2.75, 3.05) is 51.6 Å². The van der Waals surface area contributed by atoms with E-state index in [4.69, 9.17) is 0 Å². The molecule has 31 heavy (non-hydrogen) atoms. The molecule has 0 atom stereocenters. The van der Waals surface area contributed by atoms with Crippen LogP contribution in [0.5, 0.6) is 0 Å². The first-order valence-corrected chi connectivity index (χ1v) is 11.1. The maximum absolute atomic E-state index is 12.7. The average molecular weight is 423 g/mol. The fourth-order valence-electron chi connectivity index (χ4n) is 3.77. The van der Waals surface area contributed by atoms with Crippen LogP contribution in [0.15, 0.2) is 48.5 Å². The monoisotopic (exact) mass is 422 g/mol. The zero-order valence-corrected chi connectivity index (χ0v) is 18.9. The van der Waals surface area contributed by atoms with E-state index in [1.807, 2.05) is 43.1 Å². The maximum Gasteiger partial charge on any atom is 0.238 e. The van der Waals surface area contributed by atoms with Crippen LogP contribution in [-0.4, -0.2) is 72.8 Å². The van der Waals surface area contributed by atoms with E-state index in [1.54, 1.807) is 0 Å². The van der Waals surface area contributed by atoms with Crippen molar-refractivity contribution in [2.45, 2.75) is 26.8 Å². The molecule has 1 heterocycles. The lowest BCUT2D eigenvalue weighted by atomic mass is 10.1. The van der Waals surface area contributed by atoms with Gasteiger partial charge < -0.3 is 10.2 Å². The summed E-state index contributed by atoms with van der Waals surface area (Å²) in [5.41, 5.74) is 4.53. The van der Waals surface area contributed by atoms with Gasteiger partial charge in [-0.3, -0.25) is 19.4 Å². The minimum absolute atomic E-state index is 0.0162. The highest BCUT2D eigenvalue weighted by Gasteiger charge is 2.23. The lowest BCUT2D eigenvalue weighted by molar-refractivity contribution is -0.134. The maximum atomic E-state index is 12.7. The zero-order valence-electron chi connectivity index (χ0n) is 18.9. The van der Waals surface area contributed by atoms with Gasteiger partial charge in [0.2, 0.25) is 11.8 Å². The molecule has 1 saturated heterocycles. The molecule has 6 heteroatoms. The van der Waals surface area contributed by atoms with Gasteiger partial charge in [0.25, 0.3) is 0 Å². The normalized spacial score (nSPS) is 14.6. The molecule has 1 N–H and O–H groups in total. The first-order chi connectivity index (χ1) is 14.9. The van der Waals surface area contributed by atoms with E-state index >= 15 is 0 Å². The van der Waals surface area contributed by atoms with Crippen LogP contribution in [-0.2, 0) is 22.6 Å². The third-order valence-electron chi connectivity index (χ3n) is 5.72. The van der Waals surface area contributed by atoms with Crippen LogP contribution in [0.4, 0.5) is 5.69 Å². The number of nitrogens with one attached hydrogen (secondary N) is 1. The molecule has 1 aliphatic rings. The SMILES string of the molecule is CCc1ccc(CN(C)CC(=O)N2CCN(CC(=O)Nc3ccc(C)cc3)CC2)cc1. The second-order valence-electron chi connectivity index (χ2n) is 8.41. The molecule has 166 valence electrons. The molecule has 0 unspecified atom stereocenters. The van der Waals surface area contributed by atoms with Gasteiger partial charge in [-0.05, 0) is 43.7 Å². The third kappa shape index (κ3) is 7.19. The van der Waals surface area contributed by atoms with Gasteiger partial charge in [0, 0.05) is 38.4 Å². The van der Waals surface area contributed by atoms with Gasteiger partial charge >= 0.3 is 0 Å². The van der Waals surface area contributed by atoms with Crippen molar-refractivity contribution < 1.29 is 9.59 Å². The summed E-state index contributed by atoms with van der Waals surface area (Å²) in [5, 5.41) is 2.94. The summed E-state index contributed by atoms with van der Waals surface area (Å²) in [7, 11) is 1.98. The van der Waals surface area contributed by atoms with Crippen LogP contribution in [0.2, 0.25) is 0 Å². The lowest BCUT2D eigenvalue weighted by Gasteiger charge is -2.35. The lowest BCUT2D eigenvalue weighted by Crippen LogP contribution is -2.52. The van der Waals surface area contributed by atoms with Crippen molar-refractivity contribution in [2.24, 2.45) is 0 Å². The Balaban J connectivity index is 1.38. The number of nitrogens with zero attached hydrogens (tertiary/aromatic N) is 3. The smallest absolute Gasteiger partial charge is 0.238 e. The van der Waals surface area contributed by atoms with E-state index in [9.17, 15) is 9.59 Å². The average Bonchev–Trinajstić information content (AvgIpc) is 2.76. The topological polar surface area (TPSA) is 55.9 Å². The highest BCUT2D eigenvalue weighted by atomic mass is 16.2. The number of amides is 2. The van der Waals surface area contributed by atoms with Gasteiger partial charge in [-0.2, -0.15) is 0 Å². The van der Waals surface area contributed by atoms with Crippen molar-refractivity contribution in [1.29, 1.82) is 0 Å². The minimum atomic E-state index is -0.0162. The molecule has 0 saturated carbocycles. The molecule has 6 nitrogen and oxygen atoms in total. The summed E-state index contributed by atoms with van der Waals surface area (Å²) in [6, 6.07) is 16.4. The summed E-state index contributed by atoms with van der Waals surface area (Å²) >= 11 is 0. The predicted molar refractivity (Wildman–Crippen MR) is 125 cm³/mol. The van der Waals surface area contributed by atoms with E-state index in [0.29, 0.717) is 26.2 Å². The molecule has 3 rings (SSSR count). The first kappa shape index (κ1) is 23.0. The summed E-state index contributed by atoms with van der Waals surface area (Å²) in [4.78, 5) is 31.1. The Hall–Kier alpha value is -2.70. The van der Waals surface area contributed by atoms with Crippen molar-refractivity contribution in [1.82, 2.24) is 14.7 Å². The molecule has 0 spiro atoms. The molecule has 2 aromatic carbocycles. The van der Waals surface area contributed by atoms with Gasteiger partial charge in [0.1, 0.15) is 0 Å². The summed E-state index contributed by atoms with van der Waals surface area (Å²) < 4.78 is 0. The van der Waals surface area contributed by atoms with Crippen molar-refractivity contribution >= 4 is 17.5 Å².